The molecule has 4 nitrogen and oxygen atoms in total. The molecule has 37 heavy (non-hydrogen) atoms. The van der Waals surface area contributed by atoms with Crippen LogP contribution in [0.1, 0.15) is 22.3 Å². The highest BCUT2D eigenvalue weighted by Crippen LogP contribution is 2.53. The van der Waals surface area contributed by atoms with Crippen molar-refractivity contribution in [2.75, 3.05) is 18.8 Å². The number of benzene rings is 4. The van der Waals surface area contributed by atoms with E-state index in [1.165, 1.54) is 11.1 Å². The van der Waals surface area contributed by atoms with E-state index in [4.69, 9.17) is 16.1 Å². The molecule has 0 saturated carbocycles. The predicted octanol–water partition coefficient (Wildman–Crippen LogP) is 7.80. The zero-order valence-corrected chi connectivity index (χ0v) is 22.7. The quantitative estimate of drug-likeness (QED) is 0.122. The van der Waals surface area contributed by atoms with E-state index in [9.17, 15) is 4.57 Å². The van der Waals surface area contributed by atoms with Crippen molar-refractivity contribution in [2.24, 2.45) is 0 Å². The summed E-state index contributed by atoms with van der Waals surface area (Å²) in [7, 11) is -3.33. The van der Waals surface area contributed by atoms with E-state index in [2.05, 4.69) is 53.4 Å². The van der Waals surface area contributed by atoms with Crippen LogP contribution < -0.4 is 0 Å². The first-order valence-corrected chi connectivity index (χ1v) is 14.9. The van der Waals surface area contributed by atoms with Crippen molar-refractivity contribution < 1.29 is 9.09 Å². The number of nitrogens with zero attached hydrogens (tertiary/aromatic N) is 2. The first-order valence-electron chi connectivity index (χ1n) is 12.6. The molecule has 4 rings (SSSR count). The number of hydrogen-bond acceptors (Lipinski definition) is 3. The summed E-state index contributed by atoms with van der Waals surface area (Å²) in [6.45, 7) is 2.58. The van der Waals surface area contributed by atoms with Crippen molar-refractivity contribution in [2.45, 2.75) is 26.2 Å². The Morgan fingerprint density at radius 3 is 1.27 bits per heavy atom. The van der Waals surface area contributed by atoms with Gasteiger partial charge in [-0.1, -0.05) is 121 Å². The summed E-state index contributed by atoms with van der Waals surface area (Å²) in [6, 6.07) is 40.9. The lowest BCUT2D eigenvalue weighted by Crippen LogP contribution is -2.31. The molecular formula is C31H34ClN2O2P. The van der Waals surface area contributed by atoms with Crippen molar-refractivity contribution in [1.82, 2.24) is 9.57 Å². The Morgan fingerprint density at radius 2 is 0.919 bits per heavy atom. The smallest absolute Gasteiger partial charge is 0.286 e. The molecule has 0 bridgehead atoms. The van der Waals surface area contributed by atoms with Gasteiger partial charge in [0.15, 0.2) is 0 Å². The molecule has 0 spiro atoms. The second kappa shape index (κ2) is 14.3. The molecule has 0 saturated heterocycles. The Kier molecular flexibility index (Phi) is 10.5. The molecule has 0 radical (unpaired) electrons. The molecule has 0 aliphatic heterocycles. The fraction of sp³-hybridized carbons (Fsp3) is 0.226. The maximum atomic E-state index is 14.9. The molecule has 0 N–H and O–H groups in total. The molecule has 1 atom stereocenters. The fourth-order valence-corrected chi connectivity index (χ4v) is 6.79. The Morgan fingerprint density at radius 1 is 0.568 bits per heavy atom. The molecule has 4 aromatic carbocycles. The van der Waals surface area contributed by atoms with Gasteiger partial charge in [-0.3, -0.25) is 9.46 Å². The van der Waals surface area contributed by atoms with Gasteiger partial charge in [0.25, 0.3) is 7.52 Å². The highest BCUT2D eigenvalue weighted by molar-refractivity contribution is 7.56. The number of hydrogen-bond donors (Lipinski definition) is 0. The van der Waals surface area contributed by atoms with Gasteiger partial charge >= 0.3 is 0 Å². The van der Waals surface area contributed by atoms with E-state index in [0.29, 0.717) is 26.2 Å². The topological polar surface area (TPSA) is 32.8 Å². The van der Waals surface area contributed by atoms with Crippen LogP contribution in [0.2, 0.25) is 0 Å². The van der Waals surface area contributed by atoms with Crippen molar-refractivity contribution in [1.29, 1.82) is 0 Å². The standard InChI is InChI=1S/C31H34ClN2O2P/c32-21-22-36-37(35,34(25-30-17-9-3-10-18-30)26-31-19-11-4-12-20-31)27-33(23-28-13-5-1-6-14-28)24-29-15-7-2-8-16-29/h1-20H,21-27H2. The third-order valence-corrected chi connectivity index (χ3v) is 8.74. The molecule has 0 aliphatic carbocycles. The first-order chi connectivity index (χ1) is 18.1. The van der Waals surface area contributed by atoms with Gasteiger partial charge in [0.2, 0.25) is 0 Å². The van der Waals surface area contributed by atoms with Gasteiger partial charge in [-0.25, -0.2) is 4.67 Å². The van der Waals surface area contributed by atoms with Crippen LogP contribution in [0.5, 0.6) is 0 Å². The van der Waals surface area contributed by atoms with Crippen LogP contribution in [0.4, 0.5) is 0 Å². The number of alkyl halides is 1. The molecule has 0 amide bonds. The summed E-state index contributed by atoms with van der Waals surface area (Å²) in [6.07, 6.45) is 0.285. The van der Waals surface area contributed by atoms with Crippen LogP contribution in [0.15, 0.2) is 121 Å². The third kappa shape index (κ3) is 8.67. The highest BCUT2D eigenvalue weighted by Gasteiger charge is 2.34. The lowest BCUT2D eigenvalue weighted by atomic mass is 10.2. The monoisotopic (exact) mass is 532 g/mol. The van der Waals surface area contributed by atoms with Crippen molar-refractivity contribution in [3.05, 3.63) is 144 Å². The third-order valence-electron chi connectivity index (χ3n) is 6.09. The minimum Gasteiger partial charge on any atom is -0.315 e. The SMILES string of the molecule is O=P(CN(Cc1ccccc1)Cc1ccccc1)(OCCCl)N(Cc1ccccc1)Cc1ccccc1. The fourth-order valence-electron chi connectivity index (χ4n) is 4.34. The normalized spacial score (nSPS) is 13.1. The van der Waals surface area contributed by atoms with E-state index in [1.54, 1.807) is 0 Å². The van der Waals surface area contributed by atoms with Crippen molar-refractivity contribution in [3.63, 3.8) is 0 Å². The largest absolute Gasteiger partial charge is 0.315 e. The molecule has 4 aromatic rings. The Hall–Kier alpha value is -2.72. The van der Waals surface area contributed by atoms with E-state index in [0.717, 1.165) is 11.1 Å². The summed E-state index contributed by atoms with van der Waals surface area (Å²) in [5.74, 6) is 0.284. The van der Waals surface area contributed by atoms with E-state index >= 15 is 0 Å². The molecule has 0 heterocycles. The molecule has 192 valence electrons. The molecule has 0 aliphatic rings. The lowest BCUT2D eigenvalue weighted by Gasteiger charge is -2.35. The van der Waals surface area contributed by atoms with E-state index in [1.807, 2.05) is 77.5 Å². The molecule has 0 fully saturated rings. The van der Waals surface area contributed by atoms with Gasteiger partial charge in [-0.05, 0) is 22.3 Å². The molecule has 1 unspecified atom stereocenters. The lowest BCUT2D eigenvalue weighted by molar-refractivity contribution is 0.224. The summed E-state index contributed by atoms with van der Waals surface area (Å²) in [5.41, 5.74) is 4.51. The van der Waals surface area contributed by atoms with Crippen LogP contribution in [-0.2, 0) is 35.3 Å². The van der Waals surface area contributed by atoms with Gasteiger partial charge in [-0.15, -0.1) is 11.6 Å². The van der Waals surface area contributed by atoms with Crippen LogP contribution >= 0.6 is 19.1 Å². The minimum atomic E-state index is -3.33. The summed E-state index contributed by atoms with van der Waals surface area (Å²) in [4.78, 5) is 2.22. The Labute approximate surface area is 226 Å². The van der Waals surface area contributed by atoms with Gasteiger partial charge < -0.3 is 4.52 Å². The number of halogens is 1. The minimum absolute atomic E-state index is 0.226. The zero-order chi connectivity index (χ0) is 25.8. The average Bonchev–Trinajstić information content (AvgIpc) is 2.94. The summed E-state index contributed by atoms with van der Waals surface area (Å²) >= 11 is 6.05. The van der Waals surface area contributed by atoms with Gasteiger partial charge in [0, 0.05) is 32.1 Å². The number of rotatable bonds is 14. The predicted molar refractivity (Wildman–Crippen MR) is 153 cm³/mol. The maximum Gasteiger partial charge on any atom is 0.286 e. The summed E-state index contributed by atoms with van der Waals surface area (Å²) in [5, 5.41) is 0. The zero-order valence-electron chi connectivity index (χ0n) is 21.0. The summed E-state index contributed by atoms with van der Waals surface area (Å²) < 4.78 is 23.1. The van der Waals surface area contributed by atoms with Gasteiger partial charge in [0.05, 0.1) is 12.9 Å². The second-order valence-corrected chi connectivity index (χ2v) is 11.8. The van der Waals surface area contributed by atoms with Crippen molar-refractivity contribution in [3.8, 4) is 0 Å². The second-order valence-electron chi connectivity index (χ2n) is 9.05. The van der Waals surface area contributed by atoms with E-state index < -0.39 is 7.52 Å². The molecule has 6 heteroatoms. The van der Waals surface area contributed by atoms with Crippen molar-refractivity contribution >= 4 is 19.1 Å². The average molecular weight is 533 g/mol. The maximum absolute atomic E-state index is 14.9. The van der Waals surface area contributed by atoms with Gasteiger partial charge in [0.1, 0.15) is 0 Å². The van der Waals surface area contributed by atoms with Crippen LogP contribution in [0.25, 0.3) is 0 Å². The van der Waals surface area contributed by atoms with Crippen LogP contribution in [0.3, 0.4) is 0 Å². The van der Waals surface area contributed by atoms with Crippen LogP contribution in [0, 0.1) is 0 Å². The van der Waals surface area contributed by atoms with Crippen LogP contribution in [-0.4, -0.2) is 28.3 Å². The Bertz CT molecular complexity index is 1140. The Balaban J connectivity index is 1.67. The van der Waals surface area contributed by atoms with E-state index in [-0.39, 0.29) is 18.8 Å². The van der Waals surface area contributed by atoms with Gasteiger partial charge in [-0.2, -0.15) is 0 Å². The molecular weight excluding hydrogens is 499 g/mol. The first kappa shape index (κ1) is 27.3. The highest BCUT2D eigenvalue weighted by atomic mass is 35.5. The molecule has 0 aromatic heterocycles.